The average molecular weight is 531 g/mol. The molecule has 2 aromatic heterocycles. The Kier molecular flexibility index (Phi) is 7.04. The molecule has 0 spiro atoms. The Hall–Kier alpha value is -2.75. The molecular weight excluding hydrogens is 504 g/mol. The number of benzene rings is 2. The highest BCUT2D eigenvalue weighted by molar-refractivity contribution is 7.92. The van der Waals surface area contributed by atoms with Crippen LogP contribution >= 0.6 is 22.9 Å². The molecule has 0 N–H and O–H groups in total. The summed E-state index contributed by atoms with van der Waals surface area (Å²) in [5.74, 6) is -0.261. The Balaban J connectivity index is 1.71. The van der Waals surface area contributed by atoms with Gasteiger partial charge < -0.3 is 0 Å². The van der Waals surface area contributed by atoms with Crippen LogP contribution in [-0.2, 0) is 16.4 Å². The number of nitrogens with zero attached hydrogens (tertiary/aromatic N) is 4. The van der Waals surface area contributed by atoms with Gasteiger partial charge in [0.2, 0.25) is 0 Å². The van der Waals surface area contributed by atoms with E-state index in [2.05, 4.69) is 5.10 Å². The molecule has 1 amide bonds. The Labute approximate surface area is 214 Å². The summed E-state index contributed by atoms with van der Waals surface area (Å²) in [4.78, 5) is 20.3. The third-order valence-electron chi connectivity index (χ3n) is 5.80. The van der Waals surface area contributed by atoms with Gasteiger partial charge in [-0.15, -0.1) is 0 Å². The summed E-state index contributed by atoms with van der Waals surface area (Å²) in [6.45, 7) is 9.95. The standard InChI is InChI=1S/C25H27ClN4O3S2/c1-15(2)35(32,33)21-8-6-19(7-9-21)24(31)29(10-11-30-18(5)13-17(4)28-30)25-27-23-16(3)12-20(26)14-22(23)34-25/h6-9,12-15H,10-11H2,1-5H3. The lowest BCUT2D eigenvalue weighted by Crippen LogP contribution is -2.34. The third-order valence-corrected chi connectivity index (χ3v) is 9.22. The van der Waals surface area contributed by atoms with E-state index < -0.39 is 15.1 Å². The molecule has 0 fully saturated rings. The SMILES string of the molecule is Cc1cc(C)n(CCN(C(=O)c2ccc(S(=O)(=O)C(C)C)cc2)c2nc3c(C)cc(Cl)cc3s2)n1. The topological polar surface area (TPSA) is 85.2 Å². The van der Waals surface area contributed by atoms with Gasteiger partial charge in [-0.25, -0.2) is 13.4 Å². The molecule has 2 aromatic carbocycles. The molecule has 0 unspecified atom stereocenters. The summed E-state index contributed by atoms with van der Waals surface area (Å²) in [6, 6.07) is 11.8. The van der Waals surface area contributed by atoms with E-state index in [4.69, 9.17) is 16.6 Å². The summed E-state index contributed by atoms with van der Waals surface area (Å²) in [5.41, 5.74) is 4.04. The highest BCUT2D eigenvalue weighted by Gasteiger charge is 2.24. The van der Waals surface area contributed by atoms with Crippen molar-refractivity contribution in [3.63, 3.8) is 0 Å². The fraction of sp³-hybridized carbons (Fsp3) is 0.320. The predicted octanol–water partition coefficient (Wildman–Crippen LogP) is 5.60. The number of aromatic nitrogens is 3. The average Bonchev–Trinajstić information content (AvgIpc) is 3.36. The summed E-state index contributed by atoms with van der Waals surface area (Å²) in [7, 11) is -3.43. The number of carbonyl (C=O) groups is 1. The summed E-state index contributed by atoms with van der Waals surface area (Å²) in [5, 5.41) is 5.14. The van der Waals surface area contributed by atoms with Crippen molar-refractivity contribution < 1.29 is 13.2 Å². The lowest BCUT2D eigenvalue weighted by molar-refractivity contribution is 0.0985. The highest BCUT2D eigenvalue weighted by Crippen LogP contribution is 2.34. The van der Waals surface area contributed by atoms with Gasteiger partial charge in [-0.05, 0) is 82.6 Å². The van der Waals surface area contributed by atoms with Crippen molar-refractivity contribution in [1.82, 2.24) is 14.8 Å². The monoisotopic (exact) mass is 530 g/mol. The van der Waals surface area contributed by atoms with Gasteiger partial charge in [0.1, 0.15) is 0 Å². The molecule has 0 aliphatic carbocycles. The number of halogens is 1. The van der Waals surface area contributed by atoms with Crippen LogP contribution in [0.1, 0.15) is 41.2 Å². The van der Waals surface area contributed by atoms with E-state index in [-0.39, 0.29) is 10.8 Å². The zero-order valence-electron chi connectivity index (χ0n) is 20.2. The molecular formula is C25H27ClN4O3S2. The number of carbonyl (C=O) groups excluding carboxylic acids is 1. The van der Waals surface area contributed by atoms with Gasteiger partial charge in [0.25, 0.3) is 5.91 Å². The van der Waals surface area contributed by atoms with Gasteiger partial charge in [-0.2, -0.15) is 5.10 Å². The van der Waals surface area contributed by atoms with E-state index in [9.17, 15) is 13.2 Å². The van der Waals surface area contributed by atoms with Crippen LogP contribution in [0.2, 0.25) is 5.02 Å². The first-order valence-electron chi connectivity index (χ1n) is 11.2. The Morgan fingerprint density at radius 1 is 1.11 bits per heavy atom. The number of rotatable bonds is 7. The maximum Gasteiger partial charge on any atom is 0.260 e. The van der Waals surface area contributed by atoms with Crippen LogP contribution in [0.5, 0.6) is 0 Å². The Bertz CT molecular complexity index is 1510. The molecule has 0 aliphatic heterocycles. The third kappa shape index (κ3) is 5.12. The van der Waals surface area contributed by atoms with Gasteiger partial charge in [0.05, 0.1) is 32.6 Å². The van der Waals surface area contributed by atoms with Crippen LogP contribution in [-0.4, -0.2) is 40.9 Å². The molecule has 0 aliphatic rings. The molecule has 7 nitrogen and oxygen atoms in total. The number of amides is 1. The second-order valence-electron chi connectivity index (χ2n) is 8.79. The van der Waals surface area contributed by atoms with Crippen molar-refractivity contribution in [3.8, 4) is 0 Å². The van der Waals surface area contributed by atoms with Gasteiger partial charge in [0, 0.05) is 22.8 Å². The minimum absolute atomic E-state index is 0.198. The summed E-state index contributed by atoms with van der Waals surface area (Å²) in [6.07, 6.45) is 0. The van der Waals surface area contributed by atoms with E-state index in [0.717, 1.165) is 27.2 Å². The van der Waals surface area contributed by atoms with Gasteiger partial charge >= 0.3 is 0 Å². The molecule has 0 saturated carbocycles. The zero-order valence-corrected chi connectivity index (χ0v) is 22.6. The molecule has 35 heavy (non-hydrogen) atoms. The van der Waals surface area contributed by atoms with Gasteiger partial charge in [-0.3, -0.25) is 14.4 Å². The lowest BCUT2D eigenvalue weighted by Gasteiger charge is -2.20. The minimum Gasteiger partial charge on any atom is -0.282 e. The summed E-state index contributed by atoms with van der Waals surface area (Å²) < 4.78 is 27.8. The van der Waals surface area contributed by atoms with E-state index >= 15 is 0 Å². The molecule has 10 heteroatoms. The number of thiazole rings is 1. The molecule has 0 radical (unpaired) electrons. The fourth-order valence-corrected chi connectivity index (χ4v) is 6.36. The number of anilines is 1. The maximum atomic E-state index is 13.7. The van der Waals surface area contributed by atoms with Crippen LogP contribution in [0.4, 0.5) is 5.13 Å². The normalized spacial score (nSPS) is 12.0. The van der Waals surface area contributed by atoms with Crippen molar-refractivity contribution in [2.75, 3.05) is 11.4 Å². The molecule has 0 saturated heterocycles. The summed E-state index contributed by atoms with van der Waals surface area (Å²) >= 11 is 7.64. The number of hydrogen-bond donors (Lipinski definition) is 0. The van der Waals surface area contributed by atoms with E-state index in [1.807, 2.05) is 43.7 Å². The van der Waals surface area contributed by atoms with E-state index in [1.165, 1.54) is 23.5 Å². The smallest absolute Gasteiger partial charge is 0.260 e. The molecule has 4 rings (SSSR count). The predicted molar refractivity (Wildman–Crippen MR) is 142 cm³/mol. The first kappa shape index (κ1) is 25.3. The largest absolute Gasteiger partial charge is 0.282 e. The second-order valence-corrected chi connectivity index (χ2v) is 12.7. The number of sulfone groups is 1. The maximum absolute atomic E-state index is 13.7. The Morgan fingerprint density at radius 2 is 1.80 bits per heavy atom. The molecule has 0 atom stereocenters. The molecule has 4 aromatic rings. The molecule has 0 bridgehead atoms. The van der Waals surface area contributed by atoms with Crippen LogP contribution in [0.15, 0.2) is 47.4 Å². The minimum atomic E-state index is -3.43. The number of aryl methyl sites for hydroxylation is 3. The number of fused-ring (bicyclic) bond motifs is 1. The first-order chi connectivity index (χ1) is 16.5. The van der Waals surface area contributed by atoms with Crippen molar-refractivity contribution >= 4 is 54.0 Å². The number of hydrogen-bond acceptors (Lipinski definition) is 6. The van der Waals surface area contributed by atoms with Gasteiger partial charge in [0.15, 0.2) is 15.0 Å². The van der Waals surface area contributed by atoms with Crippen molar-refractivity contribution in [2.24, 2.45) is 0 Å². The van der Waals surface area contributed by atoms with Crippen LogP contribution in [0, 0.1) is 20.8 Å². The fourth-order valence-electron chi connectivity index (χ4n) is 3.85. The van der Waals surface area contributed by atoms with Gasteiger partial charge in [-0.1, -0.05) is 22.9 Å². The van der Waals surface area contributed by atoms with Crippen LogP contribution in [0.25, 0.3) is 10.2 Å². The molecule has 2 heterocycles. The molecule has 184 valence electrons. The first-order valence-corrected chi connectivity index (χ1v) is 13.9. The highest BCUT2D eigenvalue weighted by atomic mass is 35.5. The lowest BCUT2D eigenvalue weighted by atomic mass is 10.2. The van der Waals surface area contributed by atoms with Crippen LogP contribution < -0.4 is 4.90 Å². The van der Waals surface area contributed by atoms with Crippen molar-refractivity contribution in [3.05, 3.63) is 70.0 Å². The second kappa shape index (κ2) is 9.72. The van der Waals surface area contributed by atoms with E-state index in [1.54, 1.807) is 30.9 Å². The Morgan fingerprint density at radius 3 is 2.40 bits per heavy atom. The quantitative estimate of drug-likeness (QED) is 0.310. The van der Waals surface area contributed by atoms with E-state index in [0.29, 0.717) is 28.8 Å². The van der Waals surface area contributed by atoms with Crippen molar-refractivity contribution in [1.29, 1.82) is 0 Å². The van der Waals surface area contributed by atoms with Crippen molar-refractivity contribution in [2.45, 2.75) is 51.3 Å². The zero-order chi connectivity index (χ0) is 25.5. The van der Waals surface area contributed by atoms with Crippen LogP contribution in [0.3, 0.4) is 0 Å².